The second-order valence-electron chi connectivity index (χ2n) is 4.35. The van der Waals surface area contributed by atoms with Crippen molar-refractivity contribution in [3.8, 4) is 22.6 Å². The van der Waals surface area contributed by atoms with Gasteiger partial charge in [0.15, 0.2) is 5.76 Å². The summed E-state index contributed by atoms with van der Waals surface area (Å²) in [4.78, 5) is 11.4. The monoisotopic (exact) mass is 264 g/mol. The zero-order chi connectivity index (χ0) is 13.9. The largest absolute Gasteiger partial charge is 0.366 e. The van der Waals surface area contributed by atoms with Crippen LogP contribution in [0.3, 0.4) is 0 Å². The molecule has 1 heterocycles. The molecule has 3 aromatic rings. The molecule has 2 N–H and O–H groups in total. The standard InChI is InChI=1S/C16H12N2O2/c17-16(19)13-9-5-4-8-12(13)15-10-14(18-20-15)11-6-2-1-3-7-11/h1-10H,(H2,17,19). The molecule has 0 aliphatic carbocycles. The summed E-state index contributed by atoms with van der Waals surface area (Å²) in [5.41, 5.74) is 8.12. The summed E-state index contributed by atoms with van der Waals surface area (Å²) in [5.74, 6) is 0.0384. The van der Waals surface area contributed by atoms with E-state index in [1.165, 1.54) is 0 Å². The van der Waals surface area contributed by atoms with Crippen molar-refractivity contribution in [3.05, 3.63) is 66.2 Å². The Morgan fingerprint density at radius 1 is 1.00 bits per heavy atom. The number of nitrogens with zero attached hydrogens (tertiary/aromatic N) is 1. The summed E-state index contributed by atoms with van der Waals surface area (Å²) in [6.07, 6.45) is 0. The van der Waals surface area contributed by atoms with Crippen LogP contribution >= 0.6 is 0 Å². The van der Waals surface area contributed by atoms with Crippen molar-refractivity contribution >= 4 is 5.91 Å². The summed E-state index contributed by atoms with van der Waals surface area (Å²) in [7, 11) is 0. The summed E-state index contributed by atoms with van der Waals surface area (Å²) in [6, 6.07) is 18.5. The van der Waals surface area contributed by atoms with Crippen LogP contribution in [-0.2, 0) is 0 Å². The number of primary amides is 1. The van der Waals surface area contributed by atoms with Crippen LogP contribution in [0.2, 0.25) is 0 Å². The first-order valence-electron chi connectivity index (χ1n) is 6.17. The summed E-state index contributed by atoms with van der Waals surface area (Å²) in [5, 5.41) is 4.04. The molecule has 4 heteroatoms. The van der Waals surface area contributed by atoms with Crippen molar-refractivity contribution in [3.63, 3.8) is 0 Å². The molecule has 0 bridgehead atoms. The molecule has 0 atom stereocenters. The van der Waals surface area contributed by atoms with E-state index in [0.29, 0.717) is 16.9 Å². The minimum atomic E-state index is -0.488. The maximum atomic E-state index is 11.4. The van der Waals surface area contributed by atoms with Crippen LogP contribution in [0.4, 0.5) is 0 Å². The summed E-state index contributed by atoms with van der Waals surface area (Å²) >= 11 is 0. The van der Waals surface area contributed by atoms with Gasteiger partial charge in [-0.25, -0.2) is 0 Å². The van der Waals surface area contributed by atoms with Gasteiger partial charge in [0.05, 0.1) is 5.56 Å². The molecule has 0 aliphatic heterocycles. The zero-order valence-corrected chi connectivity index (χ0v) is 10.6. The Morgan fingerprint density at radius 2 is 1.70 bits per heavy atom. The van der Waals surface area contributed by atoms with E-state index >= 15 is 0 Å². The average molecular weight is 264 g/mol. The second-order valence-corrected chi connectivity index (χ2v) is 4.35. The van der Waals surface area contributed by atoms with Gasteiger partial charge in [-0.1, -0.05) is 53.7 Å². The van der Waals surface area contributed by atoms with Crippen LogP contribution in [0.25, 0.3) is 22.6 Å². The number of amides is 1. The van der Waals surface area contributed by atoms with Crippen LogP contribution < -0.4 is 5.73 Å². The third kappa shape index (κ3) is 2.19. The summed E-state index contributed by atoms with van der Waals surface area (Å²) < 4.78 is 5.34. The van der Waals surface area contributed by atoms with Crippen molar-refractivity contribution in [1.82, 2.24) is 5.16 Å². The molecule has 98 valence electrons. The molecule has 4 nitrogen and oxygen atoms in total. The van der Waals surface area contributed by atoms with Gasteiger partial charge in [-0.15, -0.1) is 0 Å². The molecule has 0 unspecified atom stereocenters. The van der Waals surface area contributed by atoms with E-state index in [4.69, 9.17) is 10.3 Å². The number of hydrogen-bond acceptors (Lipinski definition) is 3. The molecule has 0 saturated heterocycles. The molecule has 1 aromatic heterocycles. The predicted molar refractivity (Wildman–Crippen MR) is 75.9 cm³/mol. The lowest BCUT2D eigenvalue weighted by molar-refractivity contribution is 0.100. The lowest BCUT2D eigenvalue weighted by Crippen LogP contribution is -2.11. The Hall–Kier alpha value is -2.88. The van der Waals surface area contributed by atoms with Crippen molar-refractivity contribution in [2.45, 2.75) is 0 Å². The summed E-state index contributed by atoms with van der Waals surface area (Å²) in [6.45, 7) is 0. The number of carbonyl (C=O) groups is 1. The Kier molecular flexibility index (Phi) is 3.05. The van der Waals surface area contributed by atoms with Gasteiger partial charge in [-0.3, -0.25) is 4.79 Å². The number of benzene rings is 2. The lowest BCUT2D eigenvalue weighted by atomic mass is 10.0. The van der Waals surface area contributed by atoms with Crippen LogP contribution in [0, 0.1) is 0 Å². The third-order valence-corrected chi connectivity index (χ3v) is 3.04. The Balaban J connectivity index is 2.05. The quantitative estimate of drug-likeness (QED) is 0.790. The molecular weight excluding hydrogens is 252 g/mol. The molecule has 3 rings (SSSR count). The fourth-order valence-electron chi connectivity index (χ4n) is 2.06. The number of hydrogen-bond donors (Lipinski definition) is 1. The van der Waals surface area contributed by atoms with Crippen molar-refractivity contribution in [1.29, 1.82) is 0 Å². The Bertz CT molecular complexity index is 748. The van der Waals surface area contributed by atoms with E-state index in [-0.39, 0.29) is 0 Å². The minimum Gasteiger partial charge on any atom is -0.366 e. The second kappa shape index (κ2) is 5.01. The van der Waals surface area contributed by atoms with E-state index in [1.807, 2.05) is 36.4 Å². The lowest BCUT2D eigenvalue weighted by Gasteiger charge is -2.01. The van der Waals surface area contributed by atoms with Crippen molar-refractivity contribution in [2.24, 2.45) is 5.73 Å². The highest BCUT2D eigenvalue weighted by atomic mass is 16.5. The van der Waals surface area contributed by atoms with E-state index < -0.39 is 5.91 Å². The molecule has 0 spiro atoms. The van der Waals surface area contributed by atoms with Gasteiger partial charge in [-0.05, 0) is 6.07 Å². The number of carbonyl (C=O) groups excluding carboxylic acids is 1. The van der Waals surface area contributed by atoms with Crippen LogP contribution in [-0.4, -0.2) is 11.1 Å². The van der Waals surface area contributed by atoms with Crippen LogP contribution in [0.1, 0.15) is 10.4 Å². The van der Waals surface area contributed by atoms with Gasteiger partial charge >= 0.3 is 0 Å². The molecule has 20 heavy (non-hydrogen) atoms. The third-order valence-electron chi connectivity index (χ3n) is 3.04. The van der Waals surface area contributed by atoms with Crippen LogP contribution in [0.15, 0.2) is 65.2 Å². The van der Waals surface area contributed by atoms with Gasteiger partial charge in [-0.2, -0.15) is 0 Å². The van der Waals surface area contributed by atoms with Gasteiger partial charge in [0, 0.05) is 17.2 Å². The van der Waals surface area contributed by atoms with Crippen molar-refractivity contribution in [2.75, 3.05) is 0 Å². The highest BCUT2D eigenvalue weighted by molar-refractivity contribution is 5.99. The number of rotatable bonds is 3. The first-order valence-corrected chi connectivity index (χ1v) is 6.17. The SMILES string of the molecule is NC(=O)c1ccccc1-c1cc(-c2ccccc2)no1. The predicted octanol–water partition coefficient (Wildman–Crippen LogP) is 3.11. The van der Waals surface area contributed by atoms with E-state index in [9.17, 15) is 4.79 Å². The van der Waals surface area contributed by atoms with Gasteiger partial charge in [0.25, 0.3) is 0 Å². The molecule has 2 aromatic carbocycles. The van der Waals surface area contributed by atoms with Gasteiger partial charge in [0.2, 0.25) is 5.91 Å². The van der Waals surface area contributed by atoms with Crippen LogP contribution in [0.5, 0.6) is 0 Å². The van der Waals surface area contributed by atoms with E-state index in [1.54, 1.807) is 24.3 Å². The first-order chi connectivity index (χ1) is 9.75. The molecule has 0 radical (unpaired) electrons. The highest BCUT2D eigenvalue weighted by Crippen LogP contribution is 2.28. The minimum absolute atomic E-state index is 0.420. The topological polar surface area (TPSA) is 69.1 Å². The number of aromatic nitrogens is 1. The zero-order valence-electron chi connectivity index (χ0n) is 10.6. The normalized spacial score (nSPS) is 10.4. The fourth-order valence-corrected chi connectivity index (χ4v) is 2.06. The fraction of sp³-hybridized carbons (Fsp3) is 0. The highest BCUT2D eigenvalue weighted by Gasteiger charge is 2.14. The van der Waals surface area contributed by atoms with Crippen molar-refractivity contribution < 1.29 is 9.32 Å². The van der Waals surface area contributed by atoms with Gasteiger partial charge in [0.1, 0.15) is 5.69 Å². The maximum Gasteiger partial charge on any atom is 0.249 e. The maximum absolute atomic E-state index is 11.4. The Labute approximate surface area is 115 Å². The number of nitrogens with two attached hydrogens (primary N) is 1. The van der Waals surface area contributed by atoms with E-state index in [2.05, 4.69) is 5.16 Å². The molecule has 0 saturated carbocycles. The van der Waals surface area contributed by atoms with E-state index in [0.717, 1.165) is 11.3 Å². The Morgan fingerprint density at radius 3 is 2.45 bits per heavy atom. The average Bonchev–Trinajstić information content (AvgIpc) is 2.98. The first kappa shape index (κ1) is 12.2. The molecule has 1 amide bonds. The molecular formula is C16H12N2O2. The molecule has 0 fully saturated rings. The molecule has 0 aliphatic rings. The van der Waals surface area contributed by atoms with Gasteiger partial charge < -0.3 is 10.3 Å². The smallest absolute Gasteiger partial charge is 0.249 e.